The van der Waals surface area contributed by atoms with Crippen molar-refractivity contribution in [3.8, 4) is 11.3 Å². The van der Waals surface area contributed by atoms with E-state index >= 15 is 0 Å². The molecule has 0 unspecified atom stereocenters. The van der Waals surface area contributed by atoms with Crippen LogP contribution in [0.15, 0.2) is 47.8 Å². The Morgan fingerprint density at radius 2 is 1.82 bits per heavy atom. The lowest BCUT2D eigenvalue weighted by molar-refractivity contribution is 0.0647. The van der Waals surface area contributed by atoms with Gasteiger partial charge in [0, 0.05) is 30.2 Å². The van der Waals surface area contributed by atoms with Crippen molar-refractivity contribution in [3.63, 3.8) is 0 Å². The number of hydrogen-bond donors (Lipinski definition) is 1. The van der Waals surface area contributed by atoms with Crippen LogP contribution >= 0.6 is 11.3 Å². The summed E-state index contributed by atoms with van der Waals surface area (Å²) in [6.07, 6.45) is 1.58. The van der Waals surface area contributed by atoms with Crippen LogP contribution in [0.25, 0.3) is 11.3 Å². The van der Waals surface area contributed by atoms with Crippen molar-refractivity contribution in [3.05, 3.63) is 70.1 Å². The van der Waals surface area contributed by atoms with E-state index in [-0.39, 0.29) is 23.3 Å². The van der Waals surface area contributed by atoms with E-state index in [1.165, 1.54) is 27.9 Å². The van der Waals surface area contributed by atoms with E-state index < -0.39 is 0 Å². The summed E-state index contributed by atoms with van der Waals surface area (Å²) in [4.78, 5) is 44.0. The second-order valence-electron chi connectivity index (χ2n) is 8.64. The molecule has 3 amide bonds. The lowest BCUT2D eigenvalue weighted by Crippen LogP contribution is -2.31. The predicted octanol–water partition coefficient (Wildman–Crippen LogP) is 4.89. The highest BCUT2D eigenvalue weighted by Gasteiger charge is 2.35. The van der Waals surface area contributed by atoms with Gasteiger partial charge in [0.15, 0.2) is 5.13 Å². The monoisotopic (exact) mass is 477 g/mol. The summed E-state index contributed by atoms with van der Waals surface area (Å²) in [7, 11) is 1.68. The number of anilines is 1. The Bertz CT molecular complexity index is 1220. The van der Waals surface area contributed by atoms with Gasteiger partial charge in [0.2, 0.25) is 0 Å². The minimum absolute atomic E-state index is 0.273. The van der Waals surface area contributed by atoms with E-state index in [9.17, 15) is 14.4 Å². The number of carbonyl (C=O) groups is 3. The number of nitrogens with one attached hydrogen (secondary N) is 1. The molecule has 0 aliphatic carbocycles. The Morgan fingerprint density at radius 1 is 1.09 bits per heavy atom. The number of ether oxygens (including phenoxy) is 1. The quantitative estimate of drug-likeness (QED) is 0.443. The SMILES string of the molecule is COCCc1ccc(-c2csc(NC(=O)c3ccc4c(c3)C(=O)N(CCC(C)C)C4=O)n2)cc1. The van der Waals surface area contributed by atoms with Crippen molar-refractivity contribution in [2.24, 2.45) is 5.92 Å². The number of methoxy groups -OCH3 is 1. The topological polar surface area (TPSA) is 88.6 Å². The van der Waals surface area contributed by atoms with Crippen LogP contribution in [0.1, 0.15) is 56.9 Å². The molecule has 34 heavy (non-hydrogen) atoms. The highest BCUT2D eigenvalue weighted by molar-refractivity contribution is 7.14. The standard InChI is InChI=1S/C26H27N3O4S/c1-16(2)10-12-29-24(31)20-9-8-19(14-21(20)25(29)32)23(30)28-26-27-22(15-34-26)18-6-4-17(5-7-18)11-13-33-3/h4-9,14-16H,10-13H2,1-3H3,(H,27,28,30). The Labute approximate surface area is 202 Å². The number of carbonyl (C=O) groups excluding carboxylic acids is 3. The van der Waals surface area contributed by atoms with E-state index in [1.807, 2.05) is 43.5 Å². The molecular weight excluding hydrogens is 450 g/mol. The van der Waals surface area contributed by atoms with Crippen LogP contribution in [-0.4, -0.2) is 47.9 Å². The van der Waals surface area contributed by atoms with Crippen LogP contribution in [0, 0.1) is 5.92 Å². The minimum atomic E-state index is -0.375. The molecule has 8 heteroatoms. The first-order chi connectivity index (χ1) is 16.4. The first-order valence-electron chi connectivity index (χ1n) is 11.2. The van der Waals surface area contributed by atoms with Gasteiger partial charge in [0.25, 0.3) is 17.7 Å². The lowest BCUT2D eigenvalue weighted by atomic mass is 10.1. The molecule has 3 aromatic rings. The van der Waals surface area contributed by atoms with E-state index in [0.29, 0.717) is 35.3 Å². The third kappa shape index (κ3) is 5.08. The largest absolute Gasteiger partial charge is 0.384 e. The molecule has 1 aliphatic heterocycles. The Hall–Kier alpha value is -3.36. The maximum Gasteiger partial charge on any atom is 0.261 e. The zero-order chi connectivity index (χ0) is 24.2. The van der Waals surface area contributed by atoms with Crippen LogP contribution in [0.3, 0.4) is 0 Å². The van der Waals surface area contributed by atoms with E-state index in [0.717, 1.165) is 24.1 Å². The van der Waals surface area contributed by atoms with Gasteiger partial charge >= 0.3 is 0 Å². The smallest absolute Gasteiger partial charge is 0.261 e. The molecule has 176 valence electrons. The minimum Gasteiger partial charge on any atom is -0.384 e. The first-order valence-corrected chi connectivity index (χ1v) is 12.1. The average molecular weight is 478 g/mol. The van der Waals surface area contributed by atoms with Crippen LogP contribution in [0.4, 0.5) is 5.13 Å². The first kappa shape index (κ1) is 23.8. The number of amides is 3. The lowest BCUT2D eigenvalue weighted by Gasteiger charge is -2.14. The molecule has 0 spiro atoms. The number of benzene rings is 2. The van der Waals surface area contributed by atoms with Gasteiger partial charge in [-0.15, -0.1) is 11.3 Å². The predicted molar refractivity (Wildman–Crippen MR) is 132 cm³/mol. The summed E-state index contributed by atoms with van der Waals surface area (Å²) in [5.74, 6) is -0.645. The number of aromatic nitrogens is 1. The molecule has 1 aliphatic rings. The molecule has 0 fully saturated rings. The van der Waals surface area contributed by atoms with Crippen LogP contribution in [-0.2, 0) is 11.2 Å². The van der Waals surface area contributed by atoms with Crippen molar-refractivity contribution in [1.82, 2.24) is 9.88 Å². The highest BCUT2D eigenvalue weighted by atomic mass is 32.1. The second kappa shape index (κ2) is 10.3. The van der Waals surface area contributed by atoms with Gasteiger partial charge in [-0.1, -0.05) is 38.1 Å². The summed E-state index contributed by atoms with van der Waals surface area (Å²) < 4.78 is 5.11. The normalized spacial score (nSPS) is 13.0. The molecule has 0 radical (unpaired) electrons. The maximum atomic E-state index is 12.8. The summed E-state index contributed by atoms with van der Waals surface area (Å²) in [5.41, 5.74) is 3.84. The Balaban J connectivity index is 1.44. The van der Waals surface area contributed by atoms with Crippen molar-refractivity contribution in [2.75, 3.05) is 25.6 Å². The van der Waals surface area contributed by atoms with Crippen LogP contribution in [0.5, 0.6) is 0 Å². The summed E-state index contributed by atoms with van der Waals surface area (Å²) in [5, 5.41) is 5.15. The summed E-state index contributed by atoms with van der Waals surface area (Å²) in [6.45, 7) is 5.14. The van der Waals surface area contributed by atoms with Gasteiger partial charge in [-0.25, -0.2) is 4.98 Å². The van der Waals surface area contributed by atoms with Gasteiger partial charge in [0.1, 0.15) is 0 Å². The zero-order valence-electron chi connectivity index (χ0n) is 19.5. The van der Waals surface area contributed by atoms with Crippen LogP contribution < -0.4 is 5.32 Å². The van der Waals surface area contributed by atoms with Crippen molar-refractivity contribution in [1.29, 1.82) is 0 Å². The van der Waals surface area contributed by atoms with Gasteiger partial charge < -0.3 is 4.74 Å². The van der Waals surface area contributed by atoms with Gasteiger partial charge in [-0.3, -0.25) is 24.6 Å². The molecule has 4 rings (SSSR count). The zero-order valence-corrected chi connectivity index (χ0v) is 20.3. The molecule has 1 aromatic heterocycles. The number of imide groups is 1. The molecule has 0 saturated heterocycles. The highest BCUT2D eigenvalue weighted by Crippen LogP contribution is 2.27. The molecule has 0 saturated carbocycles. The Kier molecular flexibility index (Phi) is 7.19. The van der Waals surface area contributed by atoms with E-state index in [4.69, 9.17) is 4.74 Å². The van der Waals surface area contributed by atoms with Crippen molar-refractivity contribution >= 4 is 34.2 Å². The van der Waals surface area contributed by atoms with Crippen molar-refractivity contribution in [2.45, 2.75) is 26.7 Å². The van der Waals surface area contributed by atoms with E-state index in [1.54, 1.807) is 19.2 Å². The summed E-state index contributed by atoms with van der Waals surface area (Å²) >= 11 is 1.33. The van der Waals surface area contributed by atoms with Gasteiger partial charge in [-0.2, -0.15) is 0 Å². The molecule has 2 aromatic carbocycles. The molecular formula is C26H27N3O4S. The van der Waals surface area contributed by atoms with Gasteiger partial charge in [0.05, 0.1) is 23.4 Å². The third-order valence-electron chi connectivity index (χ3n) is 5.73. The number of thiazole rings is 1. The average Bonchev–Trinajstić information content (AvgIpc) is 3.39. The molecule has 2 heterocycles. The fourth-order valence-corrected chi connectivity index (χ4v) is 4.43. The third-order valence-corrected chi connectivity index (χ3v) is 6.49. The number of nitrogens with zero attached hydrogens (tertiary/aromatic N) is 2. The maximum absolute atomic E-state index is 12.8. The van der Waals surface area contributed by atoms with Crippen LogP contribution in [0.2, 0.25) is 0 Å². The number of hydrogen-bond acceptors (Lipinski definition) is 6. The fourth-order valence-electron chi connectivity index (χ4n) is 3.72. The molecule has 7 nitrogen and oxygen atoms in total. The molecule has 0 atom stereocenters. The summed E-state index contributed by atoms with van der Waals surface area (Å²) in [6, 6.07) is 12.7. The molecule has 1 N–H and O–H groups in total. The van der Waals surface area contributed by atoms with Crippen molar-refractivity contribution < 1.29 is 19.1 Å². The Morgan fingerprint density at radius 3 is 2.53 bits per heavy atom. The number of rotatable bonds is 9. The number of fused-ring (bicyclic) bond motifs is 1. The van der Waals surface area contributed by atoms with E-state index in [2.05, 4.69) is 10.3 Å². The fraction of sp³-hybridized carbons (Fsp3) is 0.308. The second-order valence-corrected chi connectivity index (χ2v) is 9.49. The van der Waals surface area contributed by atoms with Gasteiger partial charge in [-0.05, 0) is 42.5 Å². The molecule has 0 bridgehead atoms.